The number of rotatable bonds is 1. The number of anilines is 1. The van der Waals surface area contributed by atoms with Gasteiger partial charge in [-0.3, -0.25) is 0 Å². The molecule has 1 aliphatic heterocycles. The lowest BCUT2D eigenvalue weighted by molar-refractivity contribution is 0.145. The Morgan fingerprint density at radius 1 is 1.33 bits per heavy atom. The molecule has 1 aliphatic rings. The summed E-state index contributed by atoms with van der Waals surface area (Å²) in [6.07, 6.45) is 1.54. The van der Waals surface area contributed by atoms with Crippen LogP contribution in [0.3, 0.4) is 0 Å². The van der Waals surface area contributed by atoms with Crippen LogP contribution in [0.15, 0.2) is 18.2 Å². The van der Waals surface area contributed by atoms with Crippen LogP contribution in [0.1, 0.15) is 18.4 Å². The molecule has 1 saturated heterocycles. The van der Waals surface area contributed by atoms with Gasteiger partial charge in [0.05, 0.1) is 16.8 Å². The van der Waals surface area contributed by atoms with Crippen LogP contribution in [0.2, 0.25) is 5.02 Å². The van der Waals surface area contributed by atoms with Crippen LogP contribution in [-0.2, 0) is 0 Å². The number of nitrogens with zero attached hydrogens (tertiary/aromatic N) is 1. The van der Waals surface area contributed by atoms with Crippen molar-refractivity contribution in [2.45, 2.75) is 25.9 Å². The van der Waals surface area contributed by atoms with Crippen molar-refractivity contribution in [1.29, 1.82) is 0 Å². The Labute approximate surface area is 95.5 Å². The number of piperidine rings is 1. The Hall–Kier alpha value is -0.730. The molecule has 0 bridgehead atoms. The van der Waals surface area contributed by atoms with Gasteiger partial charge in [-0.15, -0.1) is 0 Å². The summed E-state index contributed by atoms with van der Waals surface area (Å²) >= 11 is 6.20. The van der Waals surface area contributed by atoms with Crippen LogP contribution in [0.4, 0.5) is 5.69 Å². The van der Waals surface area contributed by atoms with Gasteiger partial charge < -0.3 is 10.0 Å². The van der Waals surface area contributed by atoms with Crippen LogP contribution >= 0.6 is 11.6 Å². The van der Waals surface area contributed by atoms with E-state index in [2.05, 4.69) is 17.0 Å². The summed E-state index contributed by atoms with van der Waals surface area (Å²) in [6.45, 7) is 3.82. The first-order chi connectivity index (χ1) is 7.16. The van der Waals surface area contributed by atoms with Crippen molar-refractivity contribution in [3.8, 4) is 0 Å². The minimum absolute atomic E-state index is 0.134. The van der Waals surface area contributed by atoms with E-state index in [4.69, 9.17) is 11.6 Å². The summed E-state index contributed by atoms with van der Waals surface area (Å²) in [5, 5.41) is 10.2. The van der Waals surface area contributed by atoms with Crippen molar-refractivity contribution >= 4 is 17.3 Å². The van der Waals surface area contributed by atoms with Crippen LogP contribution < -0.4 is 4.90 Å². The van der Waals surface area contributed by atoms with E-state index in [0.29, 0.717) is 0 Å². The van der Waals surface area contributed by atoms with Gasteiger partial charge in [-0.25, -0.2) is 0 Å². The zero-order chi connectivity index (χ0) is 10.8. The zero-order valence-electron chi connectivity index (χ0n) is 8.91. The molecule has 0 unspecified atom stereocenters. The molecule has 0 radical (unpaired) electrons. The molecule has 1 N–H and O–H groups in total. The van der Waals surface area contributed by atoms with Gasteiger partial charge in [0.15, 0.2) is 0 Å². The van der Waals surface area contributed by atoms with Gasteiger partial charge >= 0.3 is 0 Å². The van der Waals surface area contributed by atoms with E-state index in [-0.39, 0.29) is 6.10 Å². The highest BCUT2D eigenvalue weighted by Gasteiger charge is 2.18. The van der Waals surface area contributed by atoms with E-state index >= 15 is 0 Å². The number of hydrogen-bond acceptors (Lipinski definition) is 2. The maximum Gasteiger partial charge on any atom is 0.0642 e. The lowest BCUT2D eigenvalue weighted by Crippen LogP contribution is -2.35. The first-order valence-corrected chi connectivity index (χ1v) is 5.74. The first kappa shape index (κ1) is 10.8. The van der Waals surface area contributed by atoms with Crippen molar-refractivity contribution in [1.82, 2.24) is 0 Å². The van der Waals surface area contributed by atoms with Crippen molar-refractivity contribution in [2.75, 3.05) is 18.0 Å². The van der Waals surface area contributed by atoms with Crippen LogP contribution in [-0.4, -0.2) is 24.3 Å². The molecule has 15 heavy (non-hydrogen) atoms. The second kappa shape index (κ2) is 4.42. The second-order valence-electron chi connectivity index (χ2n) is 4.17. The molecule has 1 aromatic carbocycles. The van der Waals surface area contributed by atoms with Gasteiger partial charge in [0, 0.05) is 13.1 Å². The second-order valence-corrected chi connectivity index (χ2v) is 4.58. The predicted octanol–water partition coefficient (Wildman–Crippen LogP) is 2.61. The van der Waals surface area contributed by atoms with Gasteiger partial charge in [-0.1, -0.05) is 17.7 Å². The minimum Gasteiger partial charge on any atom is -0.393 e. The molecular formula is C12H16ClNO. The van der Waals surface area contributed by atoms with Crippen LogP contribution in [0.5, 0.6) is 0 Å². The number of halogens is 1. The molecule has 0 aliphatic carbocycles. The molecule has 0 atom stereocenters. The number of hydrogen-bond donors (Lipinski definition) is 1. The molecule has 3 heteroatoms. The molecule has 1 aromatic rings. The fourth-order valence-electron chi connectivity index (χ4n) is 1.98. The maximum atomic E-state index is 9.43. The fourth-order valence-corrected chi connectivity index (χ4v) is 2.33. The normalized spacial score (nSPS) is 18.2. The molecule has 1 heterocycles. The van der Waals surface area contributed by atoms with Gasteiger partial charge in [0.2, 0.25) is 0 Å². The Balaban J connectivity index is 2.15. The summed E-state index contributed by atoms with van der Waals surface area (Å²) in [5.74, 6) is 0. The number of benzene rings is 1. The van der Waals surface area contributed by atoms with E-state index in [0.717, 1.165) is 36.6 Å². The summed E-state index contributed by atoms with van der Waals surface area (Å²) < 4.78 is 0. The monoisotopic (exact) mass is 225 g/mol. The summed E-state index contributed by atoms with van der Waals surface area (Å²) in [7, 11) is 0. The molecule has 0 saturated carbocycles. The third kappa shape index (κ3) is 2.44. The lowest BCUT2D eigenvalue weighted by Gasteiger charge is -2.32. The standard InChI is InChI=1S/C12H16ClNO/c1-9-2-3-12(11(13)8-9)14-6-4-10(15)5-7-14/h2-3,8,10,15H,4-7H2,1H3. The number of aliphatic hydroxyl groups is 1. The topological polar surface area (TPSA) is 23.5 Å². The summed E-state index contributed by atoms with van der Waals surface area (Å²) in [4.78, 5) is 2.24. The first-order valence-electron chi connectivity index (χ1n) is 5.36. The SMILES string of the molecule is Cc1ccc(N2CCC(O)CC2)c(Cl)c1. The Morgan fingerprint density at radius 3 is 2.60 bits per heavy atom. The highest BCUT2D eigenvalue weighted by molar-refractivity contribution is 6.33. The van der Waals surface area contributed by atoms with Crippen molar-refractivity contribution in [3.63, 3.8) is 0 Å². The highest BCUT2D eigenvalue weighted by Crippen LogP contribution is 2.28. The van der Waals surface area contributed by atoms with E-state index < -0.39 is 0 Å². The average Bonchev–Trinajstić information content (AvgIpc) is 2.20. The number of aryl methyl sites for hydroxylation is 1. The largest absolute Gasteiger partial charge is 0.393 e. The van der Waals surface area contributed by atoms with E-state index in [9.17, 15) is 5.11 Å². The van der Waals surface area contributed by atoms with E-state index in [1.165, 1.54) is 5.56 Å². The van der Waals surface area contributed by atoms with Gasteiger partial charge in [-0.2, -0.15) is 0 Å². The minimum atomic E-state index is -0.134. The molecule has 1 fully saturated rings. The van der Waals surface area contributed by atoms with Gasteiger partial charge in [0.1, 0.15) is 0 Å². The fraction of sp³-hybridized carbons (Fsp3) is 0.500. The Bertz CT molecular complexity index is 345. The van der Waals surface area contributed by atoms with E-state index in [1.807, 2.05) is 13.0 Å². The smallest absolute Gasteiger partial charge is 0.0642 e. The molecule has 82 valence electrons. The number of aliphatic hydroxyl groups excluding tert-OH is 1. The van der Waals surface area contributed by atoms with Crippen molar-refractivity contribution < 1.29 is 5.11 Å². The molecule has 0 aromatic heterocycles. The van der Waals surface area contributed by atoms with E-state index in [1.54, 1.807) is 0 Å². The third-order valence-electron chi connectivity index (χ3n) is 2.91. The van der Waals surface area contributed by atoms with Gasteiger partial charge in [-0.05, 0) is 37.5 Å². The Morgan fingerprint density at radius 2 is 2.00 bits per heavy atom. The molecular weight excluding hydrogens is 210 g/mol. The predicted molar refractivity (Wildman–Crippen MR) is 63.6 cm³/mol. The molecule has 0 amide bonds. The molecule has 2 nitrogen and oxygen atoms in total. The van der Waals surface area contributed by atoms with Crippen LogP contribution in [0, 0.1) is 6.92 Å². The average molecular weight is 226 g/mol. The summed E-state index contributed by atoms with van der Waals surface area (Å²) in [5.41, 5.74) is 2.27. The molecule has 0 spiro atoms. The maximum absolute atomic E-state index is 9.43. The summed E-state index contributed by atoms with van der Waals surface area (Å²) in [6, 6.07) is 6.13. The molecule has 2 rings (SSSR count). The third-order valence-corrected chi connectivity index (χ3v) is 3.21. The Kier molecular flexibility index (Phi) is 3.17. The van der Waals surface area contributed by atoms with Crippen LogP contribution in [0.25, 0.3) is 0 Å². The highest BCUT2D eigenvalue weighted by atomic mass is 35.5. The quantitative estimate of drug-likeness (QED) is 0.794. The van der Waals surface area contributed by atoms with Crippen molar-refractivity contribution in [2.24, 2.45) is 0 Å². The lowest BCUT2D eigenvalue weighted by atomic mass is 10.1. The van der Waals surface area contributed by atoms with Crippen molar-refractivity contribution in [3.05, 3.63) is 28.8 Å². The van der Waals surface area contributed by atoms with Gasteiger partial charge in [0.25, 0.3) is 0 Å². The zero-order valence-corrected chi connectivity index (χ0v) is 9.67.